The van der Waals surface area contributed by atoms with E-state index in [4.69, 9.17) is 10.6 Å². The maximum Gasteiger partial charge on any atom is 0.129 e. The van der Waals surface area contributed by atoms with Gasteiger partial charge in [-0.2, -0.15) is 0 Å². The van der Waals surface area contributed by atoms with Crippen molar-refractivity contribution in [2.75, 3.05) is 13.2 Å². The van der Waals surface area contributed by atoms with Crippen LogP contribution in [-0.4, -0.2) is 41.8 Å². The van der Waals surface area contributed by atoms with Gasteiger partial charge < -0.3 is 20.8 Å². The van der Waals surface area contributed by atoms with E-state index in [9.17, 15) is 10.2 Å². The molecule has 1 unspecified atom stereocenters. The minimum atomic E-state index is -0.255. The van der Waals surface area contributed by atoms with Crippen LogP contribution < -0.4 is 5.73 Å². The van der Waals surface area contributed by atoms with Crippen LogP contribution in [0.3, 0.4) is 0 Å². The molecule has 0 aromatic carbocycles. The summed E-state index contributed by atoms with van der Waals surface area (Å²) in [6.07, 6.45) is 10.9. The summed E-state index contributed by atoms with van der Waals surface area (Å²) >= 11 is 0. The Hall–Kier alpha value is -0.650. The maximum absolute atomic E-state index is 11.3. The molecule has 3 fully saturated rings. The van der Waals surface area contributed by atoms with E-state index < -0.39 is 0 Å². The topological polar surface area (TPSA) is 88.1 Å². The molecule has 0 aliphatic heterocycles. The van der Waals surface area contributed by atoms with Gasteiger partial charge in [-0.15, -0.1) is 0 Å². The second kappa shape index (κ2) is 9.01. The minimum absolute atomic E-state index is 0.0830. The van der Waals surface area contributed by atoms with Crippen LogP contribution in [0.2, 0.25) is 0 Å². The lowest BCUT2D eigenvalue weighted by Gasteiger charge is -2.61. The molecule has 0 radical (unpaired) electrons. The molecule has 0 aromatic heterocycles. The van der Waals surface area contributed by atoms with Crippen molar-refractivity contribution in [1.29, 1.82) is 0 Å². The average molecular weight is 395 g/mol. The highest BCUT2D eigenvalue weighted by atomic mass is 16.6. The molecule has 0 heterocycles. The number of hydrogen-bond donors (Lipinski definition) is 3. The van der Waals surface area contributed by atoms with E-state index in [1.165, 1.54) is 6.42 Å². The molecule has 3 aliphatic rings. The summed E-state index contributed by atoms with van der Waals surface area (Å²) in [6, 6.07) is 0. The van der Waals surface area contributed by atoms with Crippen LogP contribution in [0.15, 0.2) is 5.16 Å². The predicted octanol–water partition coefficient (Wildman–Crippen LogP) is 3.72. The Morgan fingerprint density at radius 2 is 2.00 bits per heavy atom. The number of fused-ring (bicyclic) bond motifs is 3. The van der Waals surface area contributed by atoms with Crippen LogP contribution in [0.4, 0.5) is 0 Å². The summed E-state index contributed by atoms with van der Waals surface area (Å²) in [6.45, 7) is 7.88. The second-order valence-corrected chi connectivity index (χ2v) is 10.4. The predicted molar refractivity (Wildman–Crippen MR) is 113 cm³/mol. The molecule has 28 heavy (non-hydrogen) atoms. The van der Waals surface area contributed by atoms with Crippen LogP contribution in [0.1, 0.15) is 78.6 Å². The molecule has 0 bridgehead atoms. The molecule has 0 amide bonds. The van der Waals surface area contributed by atoms with Crippen molar-refractivity contribution in [1.82, 2.24) is 0 Å². The van der Waals surface area contributed by atoms with Crippen LogP contribution in [0.25, 0.3) is 0 Å². The van der Waals surface area contributed by atoms with E-state index in [0.717, 1.165) is 51.4 Å². The maximum atomic E-state index is 11.3. The largest absolute Gasteiger partial charge is 0.395 e. The molecule has 3 aliphatic carbocycles. The molecule has 5 heteroatoms. The van der Waals surface area contributed by atoms with Gasteiger partial charge >= 0.3 is 0 Å². The Balaban J connectivity index is 1.71. The number of aliphatic hydroxyl groups excluding tert-OH is 2. The molecule has 0 aromatic rings. The number of rotatable bonds is 7. The Bertz CT molecular complexity index is 542. The van der Waals surface area contributed by atoms with Crippen LogP contribution >= 0.6 is 0 Å². The van der Waals surface area contributed by atoms with Crippen LogP contribution in [-0.2, 0) is 4.84 Å². The van der Waals surface area contributed by atoms with Crippen molar-refractivity contribution in [3.05, 3.63) is 0 Å². The fourth-order valence-electron chi connectivity index (χ4n) is 7.10. The van der Waals surface area contributed by atoms with Crippen LogP contribution in [0.5, 0.6) is 0 Å². The fourth-order valence-corrected chi connectivity index (χ4v) is 7.10. The van der Waals surface area contributed by atoms with E-state index in [1.54, 1.807) is 0 Å². The fraction of sp³-hybridized carbons (Fsp3) is 0.957. The zero-order valence-electron chi connectivity index (χ0n) is 18.1. The van der Waals surface area contributed by atoms with E-state index in [1.807, 2.05) is 6.21 Å². The van der Waals surface area contributed by atoms with Crippen molar-refractivity contribution < 1.29 is 15.1 Å². The quantitative estimate of drug-likeness (QED) is 0.349. The van der Waals surface area contributed by atoms with Gasteiger partial charge in [0.05, 0.1) is 12.2 Å². The van der Waals surface area contributed by atoms with E-state index in [-0.39, 0.29) is 29.0 Å². The number of nitrogens with two attached hydrogens (primary N) is 1. The van der Waals surface area contributed by atoms with Gasteiger partial charge in [-0.05, 0) is 85.9 Å². The van der Waals surface area contributed by atoms with Crippen molar-refractivity contribution in [2.45, 2.75) is 90.8 Å². The van der Waals surface area contributed by atoms with Gasteiger partial charge in [0.25, 0.3) is 0 Å². The second-order valence-electron chi connectivity index (χ2n) is 10.4. The molecular weight excluding hydrogens is 352 g/mol. The summed E-state index contributed by atoms with van der Waals surface area (Å²) in [5.74, 6) is 1.80. The van der Waals surface area contributed by atoms with Crippen LogP contribution in [0, 0.1) is 34.5 Å². The summed E-state index contributed by atoms with van der Waals surface area (Å²) in [4.78, 5) is 5.12. The number of nitrogens with zero attached hydrogens (tertiary/aromatic N) is 1. The lowest BCUT2D eigenvalue weighted by molar-refractivity contribution is -0.167. The third-order valence-corrected chi connectivity index (χ3v) is 8.65. The van der Waals surface area contributed by atoms with Crippen molar-refractivity contribution >= 4 is 6.21 Å². The smallest absolute Gasteiger partial charge is 0.129 e. The Morgan fingerprint density at radius 1 is 1.21 bits per heavy atom. The summed E-state index contributed by atoms with van der Waals surface area (Å²) < 4.78 is 0. The molecule has 5 nitrogen and oxygen atoms in total. The molecule has 8 atom stereocenters. The zero-order valence-corrected chi connectivity index (χ0v) is 18.1. The first kappa shape index (κ1) is 22.0. The number of oxime groups is 1. The minimum Gasteiger partial charge on any atom is -0.395 e. The molecule has 4 N–H and O–H groups in total. The van der Waals surface area contributed by atoms with Gasteiger partial charge in [-0.1, -0.05) is 32.3 Å². The van der Waals surface area contributed by atoms with Crippen molar-refractivity contribution in [2.24, 2.45) is 45.4 Å². The molecule has 0 saturated heterocycles. The summed E-state index contributed by atoms with van der Waals surface area (Å²) in [5.41, 5.74) is 5.72. The first-order chi connectivity index (χ1) is 13.4. The van der Waals surface area contributed by atoms with Gasteiger partial charge in [-0.3, -0.25) is 0 Å². The third-order valence-electron chi connectivity index (χ3n) is 8.65. The Morgan fingerprint density at radius 3 is 2.71 bits per heavy atom. The molecule has 162 valence electrons. The molecule has 3 saturated carbocycles. The average Bonchev–Trinajstić information content (AvgIpc) is 2.66. The monoisotopic (exact) mass is 394 g/mol. The van der Waals surface area contributed by atoms with Gasteiger partial charge in [0.2, 0.25) is 0 Å². The first-order valence-electron chi connectivity index (χ1n) is 11.6. The molecule has 3 rings (SSSR count). The van der Waals surface area contributed by atoms with Gasteiger partial charge in [-0.25, -0.2) is 0 Å². The Labute approximate surface area is 171 Å². The van der Waals surface area contributed by atoms with E-state index >= 15 is 0 Å². The van der Waals surface area contributed by atoms with Gasteiger partial charge in [0.15, 0.2) is 0 Å². The molecule has 0 spiro atoms. The summed E-state index contributed by atoms with van der Waals surface area (Å²) in [7, 11) is 0. The normalized spacial score (nSPS) is 46.2. The van der Waals surface area contributed by atoms with Crippen molar-refractivity contribution in [3.63, 3.8) is 0 Å². The highest BCUT2D eigenvalue weighted by Crippen LogP contribution is 2.62. The lowest BCUT2D eigenvalue weighted by Crippen LogP contribution is -2.57. The van der Waals surface area contributed by atoms with E-state index in [2.05, 4.69) is 25.9 Å². The third kappa shape index (κ3) is 4.13. The highest BCUT2D eigenvalue weighted by Gasteiger charge is 2.57. The molecular formula is C23H42N2O3. The van der Waals surface area contributed by atoms with Gasteiger partial charge in [0.1, 0.15) is 6.61 Å². The first-order valence-corrected chi connectivity index (χ1v) is 11.6. The highest BCUT2D eigenvalue weighted by molar-refractivity contribution is 5.56. The number of hydrogen-bond acceptors (Lipinski definition) is 5. The van der Waals surface area contributed by atoms with Gasteiger partial charge in [0, 0.05) is 12.8 Å². The SMILES string of the molecule is CCC[C@@]1(C)CC[C@H]2[C@@H](CC[C@@H]3C[C@@H](O)C(C/C=N/OCCN)C[C@@]32C)[C@@H]1O. The van der Waals surface area contributed by atoms with Crippen molar-refractivity contribution in [3.8, 4) is 0 Å². The standard InChI is InChI=1S/C23H42N2O3/c1-4-9-22(2)10-7-19-18(21(22)27)6-5-17-14-20(26)16(15-23(17,19)3)8-12-25-28-13-11-24/h12,16-21,26-27H,4-11,13-15,24H2,1-3H3/b25-12+/t16?,17-,18-,19+,20-,21+,22+,23+/m1/s1. The lowest BCUT2D eigenvalue weighted by atomic mass is 9.45. The zero-order chi connectivity index (χ0) is 20.4. The Kier molecular flexibility index (Phi) is 7.09. The van der Waals surface area contributed by atoms with E-state index in [0.29, 0.717) is 30.9 Å². The summed E-state index contributed by atoms with van der Waals surface area (Å²) in [5, 5.41) is 26.1. The number of aliphatic hydroxyl groups is 2.